The molecule has 1 aromatic carbocycles. The van der Waals surface area contributed by atoms with E-state index in [0.717, 1.165) is 18.4 Å². The number of hydrogen-bond acceptors (Lipinski definition) is 7. The molecule has 2 aromatic rings. The number of fused-ring (bicyclic) bond motifs is 1. The van der Waals surface area contributed by atoms with Crippen molar-refractivity contribution in [2.75, 3.05) is 26.1 Å². The molecule has 1 N–H and O–H groups in total. The molecule has 0 radical (unpaired) electrons. The highest BCUT2D eigenvalue weighted by Gasteiger charge is 2.36. The summed E-state index contributed by atoms with van der Waals surface area (Å²) in [5, 5.41) is 7.51. The van der Waals surface area contributed by atoms with Crippen LogP contribution in [0.25, 0.3) is 0 Å². The van der Waals surface area contributed by atoms with E-state index in [-0.39, 0.29) is 5.97 Å². The van der Waals surface area contributed by atoms with Gasteiger partial charge in [0.25, 0.3) is 0 Å². The monoisotopic (exact) mass is 428 g/mol. The van der Waals surface area contributed by atoms with E-state index >= 15 is 0 Å². The van der Waals surface area contributed by atoms with Crippen molar-refractivity contribution >= 4 is 11.9 Å². The van der Waals surface area contributed by atoms with E-state index in [1.165, 1.54) is 32.0 Å². The largest absolute Gasteiger partial charge is 0.493 e. The van der Waals surface area contributed by atoms with Crippen molar-refractivity contribution in [2.45, 2.75) is 58.4 Å². The minimum Gasteiger partial charge on any atom is -0.493 e. The second kappa shape index (κ2) is 10.8. The normalized spacial score (nSPS) is 15.3. The summed E-state index contributed by atoms with van der Waals surface area (Å²) >= 11 is 0. The molecule has 1 atom stereocenters. The Hall–Kier alpha value is -3.03. The van der Waals surface area contributed by atoms with Crippen molar-refractivity contribution in [3.8, 4) is 11.5 Å². The molecule has 0 fully saturated rings. The standard InChI is InChI=1S/C23H32N4O4/c1-5-6-7-8-9-10-14-31-22(28)19-16(2)26-23-24-15-25-27(23)20(19)17-12-11-13-18(29-3)21(17)30-4/h11-13,15,20H,5-10,14H2,1-4H3,(H,24,25,26)/t20-/m0/s1. The number of anilines is 1. The number of allylic oxidation sites excluding steroid dienone is 1. The van der Waals surface area contributed by atoms with E-state index in [1.54, 1.807) is 18.9 Å². The van der Waals surface area contributed by atoms with E-state index in [9.17, 15) is 4.79 Å². The quantitative estimate of drug-likeness (QED) is 0.417. The first-order valence-corrected chi connectivity index (χ1v) is 10.9. The maximum Gasteiger partial charge on any atom is 0.338 e. The van der Waals surface area contributed by atoms with Crippen molar-refractivity contribution in [1.82, 2.24) is 14.8 Å². The third kappa shape index (κ3) is 5.00. The lowest BCUT2D eigenvalue weighted by Gasteiger charge is -2.29. The summed E-state index contributed by atoms with van der Waals surface area (Å²) in [5.41, 5.74) is 1.92. The highest BCUT2D eigenvalue weighted by Crippen LogP contribution is 2.42. The van der Waals surface area contributed by atoms with E-state index in [2.05, 4.69) is 22.3 Å². The molecule has 3 rings (SSSR count). The molecular formula is C23H32N4O4. The van der Waals surface area contributed by atoms with Gasteiger partial charge in [0, 0.05) is 11.3 Å². The lowest BCUT2D eigenvalue weighted by Crippen LogP contribution is -2.30. The van der Waals surface area contributed by atoms with Gasteiger partial charge in [0.1, 0.15) is 12.4 Å². The first-order chi connectivity index (χ1) is 15.1. The second-order valence-electron chi connectivity index (χ2n) is 7.58. The number of hydrogen-bond donors (Lipinski definition) is 1. The smallest absolute Gasteiger partial charge is 0.338 e. The predicted molar refractivity (Wildman–Crippen MR) is 118 cm³/mol. The van der Waals surface area contributed by atoms with E-state index in [1.807, 2.05) is 25.1 Å². The van der Waals surface area contributed by atoms with Crippen molar-refractivity contribution in [2.24, 2.45) is 0 Å². The van der Waals surface area contributed by atoms with Crippen LogP contribution in [0.5, 0.6) is 11.5 Å². The molecule has 8 nitrogen and oxygen atoms in total. The lowest BCUT2D eigenvalue weighted by atomic mass is 9.94. The number of nitrogens with zero attached hydrogens (tertiary/aromatic N) is 3. The number of esters is 1. The van der Waals surface area contributed by atoms with Crippen molar-refractivity contribution in [1.29, 1.82) is 0 Å². The van der Waals surface area contributed by atoms with E-state index in [0.29, 0.717) is 35.3 Å². The van der Waals surface area contributed by atoms with Gasteiger partial charge in [-0.3, -0.25) is 0 Å². The molecule has 0 aliphatic carbocycles. The zero-order valence-corrected chi connectivity index (χ0v) is 18.8. The number of carbonyl (C=O) groups is 1. The van der Waals surface area contributed by atoms with Gasteiger partial charge in [0.2, 0.25) is 5.95 Å². The van der Waals surface area contributed by atoms with Gasteiger partial charge in [0.15, 0.2) is 11.5 Å². The van der Waals surface area contributed by atoms with Gasteiger partial charge in [-0.2, -0.15) is 10.1 Å². The average Bonchev–Trinajstić information content (AvgIpc) is 3.24. The molecule has 1 aliphatic rings. The molecule has 2 heterocycles. The van der Waals surface area contributed by atoms with Gasteiger partial charge in [-0.05, 0) is 19.4 Å². The highest BCUT2D eigenvalue weighted by molar-refractivity contribution is 5.92. The number of rotatable bonds is 11. The van der Waals surface area contributed by atoms with Crippen LogP contribution in [-0.2, 0) is 9.53 Å². The number of unbranched alkanes of at least 4 members (excludes halogenated alkanes) is 5. The molecule has 0 amide bonds. The molecule has 1 aromatic heterocycles. The van der Waals surface area contributed by atoms with Gasteiger partial charge in [-0.1, -0.05) is 51.2 Å². The molecular weight excluding hydrogens is 396 g/mol. The molecule has 0 spiro atoms. The molecule has 1 aliphatic heterocycles. The Morgan fingerprint density at radius 1 is 1.13 bits per heavy atom. The highest BCUT2D eigenvalue weighted by atomic mass is 16.5. The number of ether oxygens (including phenoxy) is 3. The molecule has 8 heteroatoms. The van der Waals surface area contributed by atoms with E-state index in [4.69, 9.17) is 14.2 Å². The third-order valence-electron chi connectivity index (χ3n) is 5.47. The van der Waals surface area contributed by atoms with Gasteiger partial charge in [-0.25, -0.2) is 9.48 Å². The second-order valence-corrected chi connectivity index (χ2v) is 7.58. The van der Waals surface area contributed by atoms with Gasteiger partial charge in [0.05, 0.1) is 26.4 Å². The number of aromatic nitrogens is 3. The van der Waals surface area contributed by atoms with Crippen LogP contribution >= 0.6 is 0 Å². The van der Waals surface area contributed by atoms with Crippen LogP contribution in [0.15, 0.2) is 35.8 Å². The lowest BCUT2D eigenvalue weighted by molar-refractivity contribution is -0.139. The number of methoxy groups -OCH3 is 2. The fourth-order valence-corrected chi connectivity index (χ4v) is 3.90. The van der Waals surface area contributed by atoms with Crippen molar-refractivity contribution in [3.63, 3.8) is 0 Å². The summed E-state index contributed by atoms with van der Waals surface area (Å²) in [4.78, 5) is 17.4. The first kappa shape index (κ1) is 22.7. The van der Waals surface area contributed by atoms with Crippen LogP contribution in [0.4, 0.5) is 5.95 Å². The molecule has 0 unspecified atom stereocenters. The van der Waals surface area contributed by atoms with Gasteiger partial charge >= 0.3 is 5.97 Å². The average molecular weight is 429 g/mol. The van der Waals surface area contributed by atoms with Crippen LogP contribution in [0.1, 0.15) is 64.0 Å². The Bertz CT molecular complexity index is 922. The number of carbonyl (C=O) groups excluding carboxylic acids is 1. The molecule has 31 heavy (non-hydrogen) atoms. The SMILES string of the molecule is CCCCCCCCOC(=O)C1=C(C)Nc2ncnn2[C@H]1c1cccc(OC)c1OC. The van der Waals surface area contributed by atoms with Crippen molar-refractivity contribution < 1.29 is 19.0 Å². The Labute approximate surface area is 183 Å². The summed E-state index contributed by atoms with van der Waals surface area (Å²) in [6.45, 7) is 4.44. The number of nitrogens with one attached hydrogen (secondary N) is 1. The fraction of sp³-hybridized carbons (Fsp3) is 0.522. The molecule has 0 bridgehead atoms. The predicted octanol–water partition coefficient (Wildman–Crippen LogP) is 4.49. The number of benzene rings is 1. The van der Waals surface area contributed by atoms with Crippen LogP contribution in [0.2, 0.25) is 0 Å². The molecule has 0 saturated carbocycles. The molecule has 0 saturated heterocycles. The van der Waals surface area contributed by atoms with Crippen LogP contribution in [0.3, 0.4) is 0 Å². The number of para-hydroxylation sites is 1. The summed E-state index contributed by atoms with van der Waals surface area (Å²) in [7, 11) is 3.17. The van der Waals surface area contributed by atoms with Crippen LogP contribution in [-0.4, -0.2) is 41.6 Å². The summed E-state index contributed by atoms with van der Waals surface area (Å²) in [6.07, 6.45) is 8.24. The third-order valence-corrected chi connectivity index (χ3v) is 5.47. The Kier molecular flexibility index (Phi) is 7.92. The Morgan fingerprint density at radius 2 is 1.90 bits per heavy atom. The van der Waals surface area contributed by atoms with Gasteiger partial charge < -0.3 is 19.5 Å². The minimum absolute atomic E-state index is 0.366. The van der Waals surface area contributed by atoms with Crippen LogP contribution in [0, 0.1) is 0 Å². The summed E-state index contributed by atoms with van der Waals surface area (Å²) in [5.74, 6) is 1.32. The van der Waals surface area contributed by atoms with Gasteiger partial charge in [-0.15, -0.1) is 0 Å². The van der Waals surface area contributed by atoms with E-state index < -0.39 is 6.04 Å². The Morgan fingerprint density at radius 3 is 2.65 bits per heavy atom. The summed E-state index contributed by atoms with van der Waals surface area (Å²) in [6, 6.07) is 5.04. The Balaban J connectivity index is 1.84. The van der Waals surface area contributed by atoms with Crippen LogP contribution < -0.4 is 14.8 Å². The maximum atomic E-state index is 13.2. The maximum absolute atomic E-state index is 13.2. The topological polar surface area (TPSA) is 87.5 Å². The summed E-state index contributed by atoms with van der Waals surface area (Å²) < 4.78 is 18.4. The zero-order valence-electron chi connectivity index (χ0n) is 18.8. The minimum atomic E-state index is -0.541. The zero-order chi connectivity index (χ0) is 22.2. The molecule has 168 valence electrons. The fourth-order valence-electron chi connectivity index (χ4n) is 3.90. The first-order valence-electron chi connectivity index (χ1n) is 10.9. The van der Waals surface area contributed by atoms with Crippen molar-refractivity contribution in [3.05, 3.63) is 41.4 Å².